The van der Waals surface area contributed by atoms with Crippen LogP contribution < -0.4 is 4.90 Å². The van der Waals surface area contributed by atoms with Crippen molar-refractivity contribution in [1.29, 1.82) is 0 Å². The van der Waals surface area contributed by atoms with Gasteiger partial charge in [-0.15, -0.1) is 0 Å². The van der Waals surface area contributed by atoms with Gasteiger partial charge in [-0.2, -0.15) is 0 Å². The first kappa shape index (κ1) is 14.2. The van der Waals surface area contributed by atoms with Crippen molar-refractivity contribution in [1.82, 2.24) is 15.0 Å². The maximum Gasteiger partial charge on any atom is 0.132 e. The minimum absolute atomic E-state index is 0.748. The van der Waals surface area contributed by atoms with Crippen molar-refractivity contribution in [2.75, 3.05) is 11.9 Å². The molecule has 0 aliphatic carbocycles. The van der Waals surface area contributed by atoms with Gasteiger partial charge in [0, 0.05) is 25.9 Å². The summed E-state index contributed by atoms with van der Waals surface area (Å²) in [5, 5.41) is 0. The molecule has 0 N–H and O–H groups in total. The molecule has 2 heterocycles. The van der Waals surface area contributed by atoms with Crippen LogP contribution in [0.4, 0.5) is 5.82 Å². The van der Waals surface area contributed by atoms with Crippen LogP contribution in [0.5, 0.6) is 0 Å². The second kappa shape index (κ2) is 6.35. The highest BCUT2D eigenvalue weighted by atomic mass is 15.2. The standard InChI is InChI=1S/C18H18N4/c1-14-20-17(16-10-6-7-11-19-16)12-18(21-14)22(2)13-15-8-4-3-5-9-15/h3-12H,13H2,1-2H3. The largest absolute Gasteiger partial charge is 0.355 e. The van der Waals surface area contributed by atoms with Crippen LogP contribution in [0.1, 0.15) is 11.4 Å². The van der Waals surface area contributed by atoms with Gasteiger partial charge in [0.05, 0.1) is 11.4 Å². The van der Waals surface area contributed by atoms with Gasteiger partial charge in [0.15, 0.2) is 0 Å². The Morgan fingerprint density at radius 3 is 2.41 bits per heavy atom. The molecule has 0 unspecified atom stereocenters. The Morgan fingerprint density at radius 2 is 1.68 bits per heavy atom. The third-order valence-corrected chi connectivity index (χ3v) is 3.41. The number of nitrogens with zero attached hydrogens (tertiary/aromatic N) is 4. The summed E-state index contributed by atoms with van der Waals surface area (Å²) in [5.41, 5.74) is 2.96. The molecule has 0 radical (unpaired) electrons. The van der Waals surface area contributed by atoms with Gasteiger partial charge < -0.3 is 4.90 Å². The van der Waals surface area contributed by atoms with Crippen molar-refractivity contribution >= 4 is 5.82 Å². The van der Waals surface area contributed by atoms with Gasteiger partial charge in [-0.05, 0) is 24.6 Å². The third kappa shape index (κ3) is 3.28. The van der Waals surface area contributed by atoms with Crippen molar-refractivity contribution in [2.24, 2.45) is 0 Å². The molecule has 0 spiro atoms. The van der Waals surface area contributed by atoms with Gasteiger partial charge in [-0.25, -0.2) is 9.97 Å². The zero-order valence-corrected chi connectivity index (χ0v) is 12.8. The molecule has 0 saturated heterocycles. The molecule has 110 valence electrons. The van der Waals surface area contributed by atoms with Crippen LogP contribution in [-0.4, -0.2) is 22.0 Å². The lowest BCUT2D eigenvalue weighted by molar-refractivity contribution is 0.880. The van der Waals surface area contributed by atoms with E-state index in [-0.39, 0.29) is 0 Å². The lowest BCUT2D eigenvalue weighted by Gasteiger charge is -2.19. The summed E-state index contributed by atoms with van der Waals surface area (Å²) < 4.78 is 0. The third-order valence-electron chi connectivity index (χ3n) is 3.41. The minimum atomic E-state index is 0.748. The SMILES string of the molecule is Cc1nc(-c2ccccn2)cc(N(C)Cc2ccccc2)n1. The molecule has 0 saturated carbocycles. The van der Waals surface area contributed by atoms with Crippen LogP contribution in [0, 0.1) is 6.92 Å². The normalized spacial score (nSPS) is 10.5. The van der Waals surface area contributed by atoms with E-state index in [4.69, 9.17) is 0 Å². The topological polar surface area (TPSA) is 41.9 Å². The Balaban J connectivity index is 1.89. The van der Waals surface area contributed by atoms with Gasteiger partial charge >= 0.3 is 0 Å². The van der Waals surface area contributed by atoms with E-state index in [1.807, 2.05) is 56.4 Å². The summed E-state index contributed by atoms with van der Waals surface area (Å²) in [6.07, 6.45) is 1.78. The predicted molar refractivity (Wildman–Crippen MR) is 88.5 cm³/mol. The second-order valence-electron chi connectivity index (χ2n) is 5.22. The quantitative estimate of drug-likeness (QED) is 0.737. The van der Waals surface area contributed by atoms with Crippen molar-refractivity contribution in [3.05, 3.63) is 72.2 Å². The van der Waals surface area contributed by atoms with Gasteiger partial charge in [-0.1, -0.05) is 36.4 Å². The maximum absolute atomic E-state index is 4.54. The van der Waals surface area contributed by atoms with Crippen LogP contribution >= 0.6 is 0 Å². The second-order valence-corrected chi connectivity index (χ2v) is 5.22. The predicted octanol–water partition coefficient (Wildman–Crippen LogP) is 3.48. The highest BCUT2D eigenvalue weighted by Crippen LogP contribution is 2.20. The molecule has 3 aromatic rings. The van der Waals surface area contributed by atoms with Gasteiger partial charge in [0.25, 0.3) is 0 Å². The molecule has 4 heteroatoms. The number of pyridine rings is 1. The number of hydrogen-bond donors (Lipinski definition) is 0. The average molecular weight is 290 g/mol. The van der Waals surface area contributed by atoms with Crippen molar-refractivity contribution in [3.63, 3.8) is 0 Å². The first-order chi connectivity index (χ1) is 10.7. The van der Waals surface area contributed by atoms with Crippen molar-refractivity contribution in [2.45, 2.75) is 13.5 Å². The summed E-state index contributed by atoms with van der Waals surface area (Å²) in [5.74, 6) is 1.65. The van der Waals surface area contributed by atoms with E-state index in [2.05, 4.69) is 32.0 Å². The fraction of sp³-hybridized carbons (Fsp3) is 0.167. The highest BCUT2D eigenvalue weighted by molar-refractivity contribution is 5.59. The summed E-state index contributed by atoms with van der Waals surface area (Å²) in [7, 11) is 2.04. The van der Waals surface area contributed by atoms with Crippen molar-refractivity contribution in [3.8, 4) is 11.4 Å². The van der Waals surface area contributed by atoms with Gasteiger partial charge in [0.1, 0.15) is 11.6 Å². The molecule has 3 rings (SSSR count). The first-order valence-electron chi connectivity index (χ1n) is 7.24. The Bertz CT molecular complexity index is 742. The molecule has 2 aromatic heterocycles. The minimum Gasteiger partial charge on any atom is -0.355 e. The maximum atomic E-state index is 4.54. The number of rotatable bonds is 4. The zero-order valence-electron chi connectivity index (χ0n) is 12.8. The van der Waals surface area contributed by atoms with E-state index in [0.717, 1.165) is 29.6 Å². The van der Waals surface area contributed by atoms with Crippen molar-refractivity contribution < 1.29 is 0 Å². The Morgan fingerprint density at radius 1 is 0.909 bits per heavy atom. The fourth-order valence-electron chi connectivity index (χ4n) is 2.33. The van der Waals surface area contributed by atoms with Gasteiger partial charge in [-0.3, -0.25) is 4.98 Å². The average Bonchev–Trinajstić information content (AvgIpc) is 2.56. The van der Waals surface area contributed by atoms with E-state index in [9.17, 15) is 0 Å². The van der Waals surface area contributed by atoms with E-state index < -0.39 is 0 Å². The molecule has 0 fully saturated rings. The van der Waals surface area contributed by atoms with Crippen LogP contribution in [0.2, 0.25) is 0 Å². The molecule has 0 aliphatic heterocycles. The van der Waals surface area contributed by atoms with E-state index in [0.29, 0.717) is 0 Å². The van der Waals surface area contributed by atoms with E-state index in [1.165, 1.54) is 5.56 Å². The number of aromatic nitrogens is 3. The molecule has 4 nitrogen and oxygen atoms in total. The first-order valence-corrected chi connectivity index (χ1v) is 7.24. The molecule has 1 aromatic carbocycles. The highest BCUT2D eigenvalue weighted by Gasteiger charge is 2.09. The number of hydrogen-bond acceptors (Lipinski definition) is 4. The molecule has 0 bridgehead atoms. The zero-order chi connectivity index (χ0) is 15.4. The van der Waals surface area contributed by atoms with Gasteiger partial charge in [0.2, 0.25) is 0 Å². The Kier molecular flexibility index (Phi) is 4.10. The number of anilines is 1. The fourth-order valence-corrected chi connectivity index (χ4v) is 2.33. The number of benzene rings is 1. The molecule has 0 atom stereocenters. The smallest absolute Gasteiger partial charge is 0.132 e. The summed E-state index contributed by atoms with van der Waals surface area (Å²) in [6, 6.07) is 18.2. The van der Waals surface area contributed by atoms with Crippen LogP contribution in [0.25, 0.3) is 11.4 Å². The van der Waals surface area contributed by atoms with Crippen LogP contribution in [0.15, 0.2) is 60.8 Å². The lowest BCUT2D eigenvalue weighted by Crippen LogP contribution is -2.18. The van der Waals surface area contributed by atoms with E-state index >= 15 is 0 Å². The Labute approximate surface area is 130 Å². The van der Waals surface area contributed by atoms with Crippen LogP contribution in [-0.2, 0) is 6.54 Å². The summed E-state index contributed by atoms with van der Waals surface area (Å²) in [4.78, 5) is 15.5. The molecule has 0 aliphatic rings. The van der Waals surface area contributed by atoms with E-state index in [1.54, 1.807) is 6.20 Å². The molecule has 0 amide bonds. The summed E-state index contributed by atoms with van der Waals surface area (Å²) >= 11 is 0. The lowest BCUT2D eigenvalue weighted by atomic mass is 10.2. The molecular formula is C18H18N4. The monoisotopic (exact) mass is 290 g/mol. The molecular weight excluding hydrogens is 272 g/mol. The molecule has 22 heavy (non-hydrogen) atoms. The Hall–Kier alpha value is -2.75. The summed E-state index contributed by atoms with van der Waals surface area (Å²) in [6.45, 7) is 2.71. The number of aryl methyl sites for hydroxylation is 1. The van der Waals surface area contributed by atoms with Crippen LogP contribution in [0.3, 0.4) is 0 Å².